The van der Waals surface area contributed by atoms with Gasteiger partial charge in [0.25, 0.3) is 0 Å². The van der Waals surface area contributed by atoms with Crippen molar-refractivity contribution in [2.45, 2.75) is 40.2 Å². The van der Waals surface area contributed by atoms with Crippen molar-refractivity contribution in [2.75, 3.05) is 25.0 Å². The fraction of sp³-hybridized carbons (Fsp3) is 0.588. The summed E-state index contributed by atoms with van der Waals surface area (Å²) in [5.41, 5.74) is 2.50. The molecule has 0 aromatic carbocycles. The van der Waals surface area contributed by atoms with Crippen LogP contribution in [0.5, 0.6) is 0 Å². The van der Waals surface area contributed by atoms with Crippen LogP contribution in [0.1, 0.15) is 38.4 Å². The van der Waals surface area contributed by atoms with E-state index in [2.05, 4.69) is 56.7 Å². The number of pyridine rings is 1. The maximum atomic E-state index is 4.74. The summed E-state index contributed by atoms with van der Waals surface area (Å²) in [5, 5.41) is 3.50. The van der Waals surface area contributed by atoms with Gasteiger partial charge in [-0.25, -0.2) is 4.98 Å². The quantitative estimate of drug-likeness (QED) is 0.700. The van der Waals surface area contributed by atoms with E-state index >= 15 is 0 Å². The lowest BCUT2D eigenvalue weighted by molar-refractivity contribution is 0.552. The third kappa shape index (κ3) is 5.74. The smallest absolute Gasteiger partial charge is 0.129 e. The first-order valence-corrected chi connectivity index (χ1v) is 7.59. The fourth-order valence-electron chi connectivity index (χ4n) is 2.11. The highest BCUT2D eigenvalue weighted by Gasteiger charge is 2.06. The second-order valence-electron chi connectivity index (χ2n) is 5.77. The lowest BCUT2D eigenvalue weighted by atomic mass is 10.1. The zero-order chi connectivity index (χ0) is 15.0. The van der Waals surface area contributed by atoms with Crippen LogP contribution in [0.25, 0.3) is 0 Å². The molecule has 0 amide bonds. The summed E-state index contributed by atoms with van der Waals surface area (Å²) in [6.45, 7) is 13.2. The van der Waals surface area contributed by atoms with Crippen LogP contribution < -0.4 is 10.2 Å². The Morgan fingerprint density at radius 2 is 2.15 bits per heavy atom. The maximum absolute atomic E-state index is 4.74. The van der Waals surface area contributed by atoms with Crippen molar-refractivity contribution in [3.63, 3.8) is 0 Å². The van der Waals surface area contributed by atoms with Gasteiger partial charge in [-0.15, -0.1) is 6.58 Å². The molecule has 1 heterocycles. The van der Waals surface area contributed by atoms with Gasteiger partial charge in [0.05, 0.1) is 0 Å². The Kier molecular flexibility index (Phi) is 7.31. The van der Waals surface area contributed by atoms with Crippen molar-refractivity contribution in [3.05, 3.63) is 36.0 Å². The maximum Gasteiger partial charge on any atom is 0.129 e. The molecule has 20 heavy (non-hydrogen) atoms. The Morgan fingerprint density at radius 1 is 1.40 bits per heavy atom. The van der Waals surface area contributed by atoms with Gasteiger partial charge in [-0.1, -0.05) is 33.3 Å². The first kappa shape index (κ1) is 16.7. The number of nitrogens with one attached hydrogen (secondary N) is 1. The van der Waals surface area contributed by atoms with Crippen molar-refractivity contribution in [1.82, 2.24) is 10.3 Å². The van der Waals surface area contributed by atoms with Gasteiger partial charge in [-0.2, -0.15) is 0 Å². The molecule has 112 valence electrons. The van der Waals surface area contributed by atoms with Gasteiger partial charge in [-0.3, -0.25) is 0 Å². The molecule has 0 atom stereocenters. The second kappa shape index (κ2) is 8.75. The molecule has 0 aliphatic rings. The van der Waals surface area contributed by atoms with E-state index < -0.39 is 0 Å². The molecule has 3 nitrogen and oxygen atoms in total. The van der Waals surface area contributed by atoms with Crippen LogP contribution in [0.15, 0.2) is 24.8 Å². The van der Waals surface area contributed by atoms with Crippen LogP contribution in [-0.2, 0) is 13.0 Å². The highest BCUT2D eigenvalue weighted by molar-refractivity contribution is 5.42. The largest absolute Gasteiger partial charge is 0.356 e. The highest BCUT2D eigenvalue weighted by Crippen LogP contribution is 2.15. The van der Waals surface area contributed by atoms with Gasteiger partial charge in [0.15, 0.2) is 0 Å². The molecule has 3 heteroatoms. The Labute approximate surface area is 124 Å². The minimum Gasteiger partial charge on any atom is -0.356 e. The van der Waals surface area contributed by atoms with E-state index in [9.17, 15) is 0 Å². The van der Waals surface area contributed by atoms with E-state index in [4.69, 9.17) is 4.98 Å². The molecule has 0 saturated carbocycles. The third-order valence-corrected chi connectivity index (χ3v) is 3.11. The lowest BCUT2D eigenvalue weighted by Gasteiger charge is -2.18. The lowest BCUT2D eigenvalue weighted by Crippen LogP contribution is -2.21. The summed E-state index contributed by atoms with van der Waals surface area (Å²) in [6.07, 6.45) is 4.07. The topological polar surface area (TPSA) is 28.2 Å². The number of hydrogen-bond donors (Lipinski definition) is 1. The van der Waals surface area contributed by atoms with E-state index in [1.807, 2.05) is 6.08 Å². The molecule has 0 spiro atoms. The Morgan fingerprint density at radius 3 is 2.75 bits per heavy atom. The van der Waals surface area contributed by atoms with Gasteiger partial charge in [0.2, 0.25) is 0 Å². The zero-order valence-electron chi connectivity index (χ0n) is 13.4. The van der Waals surface area contributed by atoms with Crippen LogP contribution in [0, 0.1) is 5.92 Å². The number of hydrogen-bond acceptors (Lipinski definition) is 3. The van der Waals surface area contributed by atoms with Crippen molar-refractivity contribution in [3.8, 4) is 0 Å². The van der Waals surface area contributed by atoms with Gasteiger partial charge in [-0.05, 0) is 36.6 Å². The molecular weight excluding hydrogens is 246 g/mol. The second-order valence-corrected chi connectivity index (χ2v) is 5.77. The highest BCUT2D eigenvalue weighted by atomic mass is 15.2. The molecule has 0 saturated heterocycles. The number of aromatic nitrogens is 1. The standard InChI is InChI=1S/C17H29N3/c1-6-8-16-10-15(13-18-12-14(3)4)11-17(19-16)20(5)9-7-2/h7,10-11,14,18H,2,6,8-9,12-13H2,1,3-5H3. The van der Waals surface area contributed by atoms with Crippen LogP contribution in [0.3, 0.4) is 0 Å². The third-order valence-electron chi connectivity index (χ3n) is 3.11. The molecule has 1 rings (SSSR count). The number of likely N-dealkylation sites (N-methyl/N-ethyl adjacent to an activating group) is 1. The van der Waals surface area contributed by atoms with Gasteiger partial charge < -0.3 is 10.2 Å². The number of aryl methyl sites for hydroxylation is 1. The minimum absolute atomic E-state index is 0.676. The average molecular weight is 275 g/mol. The normalized spacial score (nSPS) is 10.8. The molecule has 1 aromatic heterocycles. The molecule has 1 N–H and O–H groups in total. The van der Waals surface area contributed by atoms with Crippen molar-refractivity contribution in [2.24, 2.45) is 5.92 Å². The molecule has 0 fully saturated rings. The Hall–Kier alpha value is -1.35. The predicted molar refractivity (Wildman–Crippen MR) is 88.2 cm³/mol. The van der Waals surface area contributed by atoms with E-state index in [0.717, 1.165) is 38.3 Å². The molecule has 0 unspecified atom stereocenters. The summed E-state index contributed by atoms with van der Waals surface area (Å²) >= 11 is 0. The van der Waals surface area contributed by atoms with Crippen LogP contribution in [-0.4, -0.2) is 25.1 Å². The summed E-state index contributed by atoms with van der Waals surface area (Å²) in [7, 11) is 2.06. The number of nitrogens with zero attached hydrogens (tertiary/aromatic N) is 2. The molecule has 0 aliphatic carbocycles. The van der Waals surface area contributed by atoms with E-state index in [1.54, 1.807) is 0 Å². The number of rotatable bonds is 9. The van der Waals surface area contributed by atoms with E-state index in [-0.39, 0.29) is 0 Å². The van der Waals surface area contributed by atoms with Gasteiger partial charge in [0.1, 0.15) is 5.82 Å². The van der Waals surface area contributed by atoms with Crippen molar-refractivity contribution >= 4 is 5.82 Å². The van der Waals surface area contributed by atoms with Crippen molar-refractivity contribution in [1.29, 1.82) is 0 Å². The van der Waals surface area contributed by atoms with Crippen LogP contribution in [0.2, 0.25) is 0 Å². The first-order chi connectivity index (χ1) is 9.56. The molecule has 0 aliphatic heterocycles. The summed E-state index contributed by atoms with van der Waals surface area (Å²) in [4.78, 5) is 6.87. The van der Waals surface area contributed by atoms with Gasteiger partial charge in [0, 0.05) is 25.8 Å². The average Bonchev–Trinajstić information content (AvgIpc) is 2.38. The molecular formula is C17H29N3. The summed E-state index contributed by atoms with van der Waals surface area (Å²) in [6, 6.07) is 4.40. The minimum atomic E-state index is 0.676. The van der Waals surface area contributed by atoms with Crippen molar-refractivity contribution < 1.29 is 0 Å². The predicted octanol–water partition coefficient (Wildman–Crippen LogP) is 3.40. The Bertz CT molecular complexity index is 413. The molecule has 0 radical (unpaired) electrons. The fourth-order valence-corrected chi connectivity index (χ4v) is 2.11. The molecule has 0 bridgehead atoms. The van der Waals surface area contributed by atoms with E-state index in [0.29, 0.717) is 5.92 Å². The summed E-state index contributed by atoms with van der Waals surface area (Å²) < 4.78 is 0. The first-order valence-electron chi connectivity index (χ1n) is 7.59. The van der Waals surface area contributed by atoms with E-state index in [1.165, 1.54) is 11.3 Å². The monoisotopic (exact) mass is 275 g/mol. The van der Waals surface area contributed by atoms with Crippen LogP contribution >= 0.6 is 0 Å². The van der Waals surface area contributed by atoms with Gasteiger partial charge >= 0.3 is 0 Å². The summed E-state index contributed by atoms with van der Waals surface area (Å²) in [5.74, 6) is 1.71. The molecule has 1 aromatic rings. The van der Waals surface area contributed by atoms with Crippen LogP contribution in [0.4, 0.5) is 5.82 Å². The SMILES string of the molecule is C=CCN(C)c1cc(CNCC(C)C)cc(CCC)n1. The number of anilines is 1. The zero-order valence-corrected chi connectivity index (χ0v) is 13.4. The Balaban J connectivity index is 2.83.